The number of aliphatic carboxylic acids is 2. The molecule has 0 atom stereocenters. The van der Waals surface area contributed by atoms with Crippen LogP contribution in [0.3, 0.4) is 0 Å². The fourth-order valence-electron chi connectivity index (χ4n) is 0.143. The monoisotopic (exact) mass is 158 g/mol. The van der Waals surface area contributed by atoms with Gasteiger partial charge in [0.15, 0.2) is 0 Å². The standard InChI is InChI=1S/C4H4O4.C2H4.2Li/c5-3(6)1-2-4(7)8;1-2;;/h1-2H,(H,5,6)(H,7,8);1-2H2;;/b2-1-;;;. The molecule has 6 heteroatoms. The number of hydrogen-bond donors (Lipinski definition) is 2. The Balaban J connectivity index is 0. The molecule has 0 bridgehead atoms. The van der Waals surface area contributed by atoms with Crippen LogP contribution in [0.2, 0.25) is 10.2 Å². The quantitative estimate of drug-likeness (QED) is 0.443. The van der Waals surface area contributed by atoms with Crippen molar-refractivity contribution < 1.29 is 19.8 Å². The first kappa shape index (κ1) is 14.4. The number of carboxylic acid groups (broad SMARTS) is 2. The topological polar surface area (TPSA) is 74.6 Å². The van der Waals surface area contributed by atoms with Gasteiger partial charge in [-0.15, -0.1) is 0 Å². The van der Waals surface area contributed by atoms with Gasteiger partial charge in [-0.05, 0) is 0 Å². The molecule has 0 saturated carbocycles. The Morgan fingerprint density at radius 3 is 1.33 bits per heavy atom. The Kier molecular flexibility index (Phi) is 13.1. The zero-order valence-electron chi connectivity index (χ0n) is 7.28. The Morgan fingerprint density at radius 2 is 1.25 bits per heavy atom. The molecule has 0 aliphatic rings. The van der Waals surface area contributed by atoms with Gasteiger partial charge in [-0.3, -0.25) is 0 Å². The Bertz CT molecular complexity index is 149. The van der Waals surface area contributed by atoms with Crippen LogP contribution in [0.25, 0.3) is 0 Å². The van der Waals surface area contributed by atoms with E-state index in [-0.39, 0.29) is 0 Å². The molecule has 0 aliphatic heterocycles. The second kappa shape index (κ2) is 10.9. The molecular formula is C6H8Li2O4. The molecule has 0 spiro atoms. The molecule has 0 heterocycles. The number of carbonyl (C=O) groups is 2. The summed E-state index contributed by atoms with van der Waals surface area (Å²) >= 11 is 4.36. The van der Waals surface area contributed by atoms with Gasteiger partial charge in [-0.2, -0.15) is 0 Å². The molecule has 0 aromatic rings. The van der Waals surface area contributed by atoms with Crippen LogP contribution in [0.1, 0.15) is 0 Å². The molecule has 0 saturated heterocycles. The van der Waals surface area contributed by atoms with Crippen molar-refractivity contribution in [1.82, 2.24) is 0 Å². The van der Waals surface area contributed by atoms with Gasteiger partial charge in [-0.25, -0.2) is 9.59 Å². The average molecular weight is 158 g/mol. The molecule has 0 fully saturated rings. The summed E-state index contributed by atoms with van der Waals surface area (Å²) in [4.78, 5) is 19.1. The third-order valence-electron chi connectivity index (χ3n) is 0.868. The normalized spacial score (nSPS) is 9.00. The van der Waals surface area contributed by atoms with Crippen molar-refractivity contribution in [2.24, 2.45) is 0 Å². The fourth-order valence-corrected chi connectivity index (χ4v) is 0.143. The minimum absolute atomic E-state index is 0.558. The summed E-state index contributed by atoms with van der Waals surface area (Å²) < 4.78 is 0. The van der Waals surface area contributed by atoms with Crippen molar-refractivity contribution in [2.75, 3.05) is 0 Å². The average Bonchev–Trinajstić information content (AvgIpc) is 2.01. The van der Waals surface area contributed by atoms with Crippen LogP contribution in [0.15, 0.2) is 12.2 Å². The van der Waals surface area contributed by atoms with Crippen molar-refractivity contribution in [1.29, 1.82) is 0 Å². The van der Waals surface area contributed by atoms with E-state index in [9.17, 15) is 9.59 Å². The van der Waals surface area contributed by atoms with Gasteiger partial charge < -0.3 is 10.2 Å². The van der Waals surface area contributed by atoms with E-state index in [0.717, 1.165) is 0 Å². The fraction of sp³-hybridized carbons (Fsp3) is 0.333. The van der Waals surface area contributed by atoms with E-state index in [1.165, 1.54) is 10.2 Å². The van der Waals surface area contributed by atoms with Crippen LogP contribution in [-0.4, -0.2) is 57.6 Å². The number of carboxylic acids is 2. The van der Waals surface area contributed by atoms with Crippen molar-refractivity contribution >= 4 is 47.4 Å². The summed E-state index contributed by atoms with van der Waals surface area (Å²) in [6.07, 6.45) is 1.12. The van der Waals surface area contributed by atoms with E-state index in [2.05, 4.69) is 35.4 Å². The molecular weight excluding hydrogens is 150 g/mol. The predicted octanol–water partition coefficient (Wildman–Crippen LogP) is -0.128. The van der Waals surface area contributed by atoms with Gasteiger partial charge in [0.05, 0.1) is 0 Å². The van der Waals surface area contributed by atoms with Gasteiger partial charge >= 0.3 is 57.6 Å². The third-order valence-corrected chi connectivity index (χ3v) is 0.868. The molecule has 0 aromatic carbocycles. The molecule has 0 rings (SSSR count). The molecule has 0 amide bonds. The van der Waals surface area contributed by atoms with Crippen LogP contribution in [0.4, 0.5) is 0 Å². The Labute approximate surface area is 89.4 Å². The summed E-state index contributed by atoms with van der Waals surface area (Å²) in [7, 11) is 0. The molecule has 2 N–H and O–H groups in total. The van der Waals surface area contributed by atoms with Crippen molar-refractivity contribution in [3.8, 4) is 0 Å². The summed E-state index contributed by atoms with van der Waals surface area (Å²) in [6.45, 7) is 0. The van der Waals surface area contributed by atoms with E-state index in [1.54, 1.807) is 0 Å². The molecule has 0 aromatic heterocycles. The molecule has 58 valence electrons. The molecule has 12 heavy (non-hydrogen) atoms. The van der Waals surface area contributed by atoms with Crippen LogP contribution >= 0.6 is 0 Å². The van der Waals surface area contributed by atoms with E-state index < -0.39 is 11.9 Å². The first-order chi connectivity index (χ1) is 5.54. The first-order valence-electron chi connectivity index (χ1n) is 3.68. The maximum atomic E-state index is 9.55. The predicted molar refractivity (Wildman–Crippen MR) is 45.5 cm³/mol. The van der Waals surface area contributed by atoms with Crippen LogP contribution < -0.4 is 0 Å². The summed E-state index contributed by atoms with van der Waals surface area (Å²) in [5.74, 6) is -2.51. The summed E-state index contributed by atoms with van der Waals surface area (Å²) in [5.41, 5.74) is 0. The van der Waals surface area contributed by atoms with Crippen LogP contribution in [0.5, 0.6) is 0 Å². The van der Waals surface area contributed by atoms with Crippen LogP contribution in [-0.2, 0) is 9.59 Å². The Hall–Kier alpha value is -0.125. The van der Waals surface area contributed by atoms with Crippen molar-refractivity contribution in [2.45, 2.75) is 10.2 Å². The van der Waals surface area contributed by atoms with Crippen molar-refractivity contribution in [3.63, 3.8) is 0 Å². The zero-order valence-corrected chi connectivity index (χ0v) is 7.28. The van der Waals surface area contributed by atoms with E-state index in [4.69, 9.17) is 10.2 Å². The SMILES string of the molecule is O=C(O)/C=C\C(=O)O.[Li][CH2][CH2][Li]. The molecule has 4 nitrogen and oxygen atoms in total. The first-order valence-corrected chi connectivity index (χ1v) is 3.68. The summed E-state index contributed by atoms with van der Waals surface area (Å²) in [6, 6.07) is 0. The second-order valence-electron chi connectivity index (χ2n) is 2.01. The van der Waals surface area contributed by atoms with Gasteiger partial charge in [-0.1, -0.05) is 0 Å². The maximum absolute atomic E-state index is 9.55. The van der Waals surface area contributed by atoms with Crippen LogP contribution in [0, 0.1) is 0 Å². The van der Waals surface area contributed by atoms with E-state index in [1.807, 2.05) is 0 Å². The van der Waals surface area contributed by atoms with E-state index in [0.29, 0.717) is 12.2 Å². The van der Waals surface area contributed by atoms with Gasteiger partial charge in [0.25, 0.3) is 0 Å². The second-order valence-corrected chi connectivity index (χ2v) is 2.01. The number of hydrogen-bond acceptors (Lipinski definition) is 2. The molecule has 0 aliphatic carbocycles. The zero-order chi connectivity index (χ0) is 9.98. The van der Waals surface area contributed by atoms with Gasteiger partial charge in [0.1, 0.15) is 0 Å². The van der Waals surface area contributed by atoms with E-state index >= 15 is 0 Å². The molecule has 0 unspecified atom stereocenters. The minimum atomic E-state index is -1.26. The number of rotatable bonds is 3. The summed E-state index contributed by atoms with van der Waals surface area (Å²) in [5, 5.41) is 18.3. The Morgan fingerprint density at radius 1 is 1.00 bits per heavy atom. The third kappa shape index (κ3) is 22.5. The van der Waals surface area contributed by atoms with Gasteiger partial charge in [0.2, 0.25) is 0 Å². The van der Waals surface area contributed by atoms with Crippen molar-refractivity contribution in [3.05, 3.63) is 12.2 Å². The molecule has 0 radical (unpaired) electrons. The van der Waals surface area contributed by atoms with Gasteiger partial charge in [0, 0.05) is 12.2 Å².